The largest absolute Gasteiger partial charge is 0.461 e. The van der Waals surface area contributed by atoms with Crippen LogP contribution in [0.4, 0.5) is 5.69 Å². The number of aryl methyl sites for hydroxylation is 1. The van der Waals surface area contributed by atoms with E-state index in [1.54, 1.807) is 19.2 Å². The zero-order valence-corrected chi connectivity index (χ0v) is 22.4. The minimum absolute atomic E-state index is 0.0395. The van der Waals surface area contributed by atoms with Crippen molar-refractivity contribution in [3.8, 4) is 0 Å². The molecule has 1 aromatic rings. The number of methoxy groups -OCH3 is 1. The molecule has 3 unspecified atom stereocenters. The predicted molar refractivity (Wildman–Crippen MR) is 141 cm³/mol. The fraction of sp³-hybridized carbons (Fsp3) is 0.704. The Morgan fingerprint density at radius 3 is 2.56 bits per heavy atom. The number of ether oxygens (including phenoxy) is 2. The maximum atomic E-state index is 12.9. The van der Waals surface area contributed by atoms with Crippen molar-refractivity contribution in [2.24, 2.45) is 5.92 Å². The van der Waals surface area contributed by atoms with Gasteiger partial charge in [0, 0.05) is 38.7 Å². The predicted octanol–water partition coefficient (Wildman–Crippen LogP) is 3.25. The minimum atomic E-state index is -0.153. The average Bonchev–Trinajstić information content (AvgIpc) is 2.87. The number of hydrogen-bond acceptors (Lipinski definition) is 7. The Kier molecular flexibility index (Phi) is 9.50. The standard InChI is InChI=1S/C27H41ClN4O4/c1-18-14-22(29)21(28)15-20(18)27(34)30-23-9-13-31(17-25(23)35-2)10-5-3-4-6-26(33)36-24-16-32-11-7-19(24)8-12-32/h14-15,19,23-25H,3-13,16-17,29H2,1-2H3,(H,30,34). The molecule has 3 atom stereocenters. The fourth-order valence-corrected chi connectivity index (χ4v) is 6.00. The number of unbranched alkanes of at least 4 members (excludes halogenated alkanes) is 2. The number of anilines is 1. The van der Waals surface area contributed by atoms with Gasteiger partial charge in [-0.3, -0.25) is 14.5 Å². The summed E-state index contributed by atoms with van der Waals surface area (Å²) in [5.74, 6) is 0.371. The molecule has 4 fully saturated rings. The molecule has 0 saturated carbocycles. The third kappa shape index (κ3) is 6.91. The lowest BCUT2D eigenvalue weighted by molar-refractivity contribution is -0.158. The lowest BCUT2D eigenvalue weighted by Crippen LogP contribution is -2.55. The van der Waals surface area contributed by atoms with Crippen LogP contribution in [0.1, 0.15) is 60.9 Å². The van der Waals surface area contributed by atoms with E-state index in [1.165, 1.54) is 0 Å². The van der Waals surface area contributed by atoms with E-state index >= 15 is 0 Å². The van der Waals surface area contributed by atoms with Gasteiger partial charge < -0.3 is 25.4 Å². The molecular formula is C27H41ClN4O4. The van der Waals surface area contributed by atoms with Gasteiger partial charge in [-0.25, -0.2) is 0 Å². The zero-order chi connectivity index (χ0) is 25.7. The van der Waals surface area contributed by atoms with Crippen molar-refractivity contribution in [2.45, 2.75) is 70.1 Å². The van der Waals surface area contributed by atoms with E-state index in [9.17, 15) is 9.59 Å². The first-order valence-corrected chi connectivity index (χ1v) is 13.7. The zero-order valence-electron chi connectivity index (χ0n) is 21.6. The van der Waals surface area contributed by atoms with Crippen LogP contribution in [0.15, 0.2) is 12.1 Å². The van der Waals surface area contributed by atoms with Gasteiger partial charge in [0.1, 0.15) is 6.10 Å². The Balaban J connectivity index is 1.14. The second-order valence-corrected chi connectivity index (χ2v) is 11.0. The number of esters is 1. The Morgan fingerprint density at radius 1 is 1.08 bits per heavy atom. The van der Waals surface area contributed by atoms with Crippen LogP contribution in [-0.2, 0) is 14.3 Å². The maximum Gasteiger partial charge on any atom is 0.306 e. The molecule has 0 radical (unpaired) electrons. The summed E-state index contributed by atoms with van der Waals surface area (Å²) in [6.07, 6.45) is 6.57. The Hall–Kier alpha value is -1.87. The van der Waals surface area contributed by atoms with Gasteiger partial charge in [-0.15, -0.1) is 0 Å². The molecular weight excluding hydrogens is 480 g/mol. The summed E-state index contributed by atoms with van der Waals surface area (Å²) in [7, 11) is 1.69. The number of nitrogens with one attached hydrogen (secondary N) is 1. The van der Waals surface area contributed by atoms with Crippen molar-refractivity contribution in [3.63, 3.8) is 0 Å². The Morgan fingerprint density at radius 2 is 1.86 bits per heavy atom. The highest BCUT2D eigenvalue weighted by molar-refractivity contribution is 6.33. The van der Waals surface area contributed by atoms with Crippen LogP contribution < -0.4 is 11.1 Å². The smallest absolute Gasteiger partial charge is 0.306 e. The van der Waals surface area contributed by atoms with E-state index in [0.29, 0.717) is 28.6 Å². The molecule has 0 aliphatic carbocycles. The number of amides is 1. The van der Waals surface area contributed by atoms with Crippen molar-refractivity contribution in [2.75, 3.05) is 52.1 Å². The number of carbonyl (C=O) groups excluding carboxylic acids is 2. The number of carbonyl (C=O) groups is 2. The molecule has 4 aliphatic rings. The van der Waals surface area contributed by atoms with E-state index in [-0.39, 0.29) is 30.1 Å². The summed E-state index contributed by atoms with van der Waals surface area (Å²) in [6, 6.07) is 3.30. The first-order chi connectivity index (χ1) is 17.3. The van der Waals surface area contributed by atoms with Gasteiger partial charge in [-0.2, -0.15) is 0 Å². The van der Waals surface area contributed by atoms with E-state index in [0.717, 1.165) is 83.4 Å². The minimum Gasteiger partial charge on any atom is -0.461 e. The molecule has 1 aromatic carbocycles. The van der Waals surface area contributed by atoms with Crippen LogP contribution in [0.2, 0.25) is 5.02 Å². The first kappa shape index (κ1) is 27.2. The van der Waals surface area contributed by atoms with Gasteiger partial charge in [-0.1, -0.05) is 18.0 Å². The summed E-state index contributed by atoms with van der Waals surface area (Å²) in [5.41, 5.74) is 7.65. The summed E-state index contributed by atoms with van der Waals surface area (Å²) >= 11 is 6.13. The molecule has 4 saturated heterocycles. The van der Waals surface area contributed by atoms with Crippen molar-refractivity contribution >= 4 is 29.2 Å². The number of piperidine rings is 4. The first-order valence-electron chi connectivity index (χ1n) is 13.4. The number of nitrogens with two attached hydrogens (primary N) is 1. The van der Waals surface area contributed by atoms with Crippen LogP contribution in [-0.4, -0.2) is 86.3 Å². The number of fused-ring (bicyclic) bond motifs is 3. The van der Waals surface area contributed by atoms with Crippen LogP contribution in [0.25, 0.3) is 0 Å². The maximum absolute atomic E-state index is 12.9. The molecule has 3 N–H and O–H groups in total. The van der Waals surface area contributed by atoms with Crippen molar-refractivity contribution in [1.82, 2.24) is 15.1 Å². The van der Waals surface area contributed by atoms with Gasteiger partial charge in [0.2, 0.25) is 0 Å². The third-order valence-electron chi connectivity index (χ3n) is 8.09. The van der Waals surface area contributed by atoms with Crippen LogP contribution in [0.3, 0.4) is 0 Å². The molecule has 4 aliphatic heterocycles. The highest BCUT2D eigenvalue weighted by Gasteiger charge is 2.36. The molecule has 0 aromatic heterocycles. The molecule has 1 amide bonds. The van der Waals surface area contributed by atoms with Gasteiger partial charge in [0.15, 0.2) is 0 Å². The molecule has 9 heteroatoms. The molecule has 200 valence electrons. The van der Waals surface area contributed by atoms with Gasteiger partial charge in [0.05, 0.1) is 22.9 Å². The number of likely N-dealkylation sites (tertiary alicyclic amines) is 1. The van der Waals surface area contributed by atoms with Crippen LogP contribution in [0.5, 0.6) is 0 Å². The SMILES string of the molecule is COC1CN(CCCCCC(=O)OC2CN3CCC2CC3)CCC1NC(=O)c1cc(Cl)c(N)cc1C. The molecule has 0 spiro atoms. The Labute approximate surface area is 219 Å². The van der Waals surface area contributed by atoms with Gasteiger partial charge in [0.25, 0.3) is 5.91 Å². The van der Waals surface area contributed by atoms with Gasteiger partial charge >= 0.3 is 5.97 Å². The Bertz CT molecular complexity index is 921. The molecule has 8 nitrogen and oxygen atoms in total. The van der Waals surface area contributed by atoms with Crippen molar-refractivity contribution < 1.29 is 19.1 Å². The summed E-state index contributed by atoms with van der Waals surface area (Å²) in [4.78, 5) is 30.0. The monoisotopic (exact) mass is 520 g/mol. The number of rotatable bonds is 10. The summed E-state index contributed by atoms with van der Waals surface area (Å²) in [6.45, 7) is 7.71. The quantitative estimate of drug-likeness (QED) is 0.277. The molecule has 36 heavy (non-hydrogen) atoms. The van der Waals surface area contributed by atoms with Gasteiger partial charge in [-0.05, 0) is 82.3 Å². The normalized spacial score (nSPS) is 28.1. The molecule has 2 bridgehead atoms. The summed E-state index contributed by atoms with van der Waals surface area (Å²) < 4.78 is 11.5. The van der Waals surface area contributed by atoms with E-state index in [4.69, 9.17) is 26.8 Å². The van der Waals surface area contributed by atoms with E-state index in [2.05, 4.69) is 15.1 Å². The third-order valence-corrected chi connectivity index (χ3v) is 8.41. The van der Waals surface area contributed by atoms with Crippen LogP contribution in [0, 0.1) is 12.8 Å². The topological polar surface area (TPSA) is 97.1 Å². The molecule has 4 heterocycles. The second-order valence-electron chi connectivity index (χ2n) is 10.6. The van der Waals surface area contributed by atoms with E-state index < -0.39 is 0 Å². The van der Waals surface area contributed by atoms with Crippen LogP contribution >= 0.6 is 11.6 Å². The number of halogens is 1. The number of benzene rings is 1. The highest BCUT2D eigenvalue weighted by atomic mass is 35.5. The van der Waals surface area contributed by atoms with Crippen molar-refractivity contribution in [3.05, 3.63) is 28.3 Å². The molecule has 5 rings (SSSR count). The number of nitrogens with zero attached hydrogens (tertiary/aromatic N) is 2. The fourth-order valence-electron chi connectivity index (χ4n) is 5.84. The van der Waals surface area contributed by atoms with E-state index in [1.807, 2.05) is 6.92 Å². The second kappa shape index (κ2) is 12.6. The van der Waals surface area contributed by atoms with Crippen molar-refractivity contribution in [1.29, 1.82) is 0 Å². The number of hydrogen-bond donors (Lipinski definition) is 2. The average molecular weight is 521 g/mol. The highest BCUT2D eigenvalue weighted by Crippen LogP contribution is 2.30. The number of nitrogen functional groups attached to an aromatic ring is 1. The lowest BCUT2D eigenvalue weighted by atomic mass is 9.86. The summed E-state index contributed by atoms with van der Waals surface area (Å²) in [5, 5.41) is 3.52. The lowest BCUT2D eigenvalue weighted by Gasteiger charge is -2.43.